The maximum Gasteiger partial charge on any atom is 0.314 e. The average molecular weight is 390 g/mol. The van der Waals surface area contributed by atoms with Crippen LogP contribution in [0.3, 0.4) is 0 Å². The van der Waals surface area contributed by atoms with E-state index in [0.29, 0.717) is 6.61 Å². The van der Waals surface area contributed by atoms with Crippen LogP contribution in [0.5, 0.6) is 5.75 Å². The van der Waals surface area contributed by atoms with Crippen molar-refractivity contribution in [2.45, 2.75) is 57.1 Å². The van der Waals surface area contributed by atoms with Gasteiger partial charge in [-0.05, 0) is 74.4 Å². The molecule has 2 unspecified atom stereocenters. The van der Waals surface area contributed by atoms with Crippen LogP contribution in [0.15, 0.2) is 29.2 Å². The molecule has 1 N–H and O–H groups in total. The lowest BCUT2D eigenvalue weighted by molar-refractivity contribution is 0.00658. The number of hydrogen-bond donors (Lipinski definition) is 1. The molecule has 0 radical (unpaired) electrons. The van der Waals surface area contributed by atoms with Gasteiger partial charge in [-0.3, -0.25) is 0 Å². The molecular formula is C17H28NO3PS2. The fourth-order valence-electron chi connectivity index (χ4n) is 2.35. The van der Waals surface area contributed by atoms with Crippen LogP contribution < -0.4 is 9.61 Å². The number of nitrogens with one attached hydrogen (secondary N) is 1. The molecule has 0 aliphatic carbocycles. The van der Waals surface area contributed by atoms with Gasteiger partial charge in [-0.15, -0.1) is 11.8 Å². The van der Waals surface area contributed by atoms with Gasteiger partial charge in [0.25, 0.3) is 0 Å². The van der Waals surface area contributed by atoms with Crippen molar-refractivity contribution in [2.24, 2.45) is 0 Å². The second-order valence-electron chi connectivity index (χ2n) is 5.66. The molecule has 0 spiro atoms. The molecule has 1 heterocycles. The van der Waals surface area contributed by atoms with E-state index in [2.05, 4.69) is 24.1 Å². The van der Waals surface area contributed by atoms with Crippen molar-refractivity contribution in [1.82, 2.24) is 5.09 Å². The Hall–Kier alpha value is -0.100. The van der Waals surface area contributed by atoms with Crippen molar-refractivity contribution in [3.05, 3.63) is 24.3 Å². The van der Waals surface area contributed by atoms with Crippen LogP contribution in [-0.4, -0.2) is 25.2 Å². The van der Waals surface area contributed by atoms with Crippen LogP contribution in [0.4, 0.5) is 0 Å². The smallest absolute Gasteiger partial charge is 0.314 e. The molecule has 1 saturated heterocycles. The zero-order valence-electron chi connectivity index (χ0n) is 14.5. The molecule has 1 fully saturated rings. The van der Waals surface area contributed by atoms with E-state index < -0.39 is 6.64 Å². The summed E-state index contributed by atoms with van der Waals surface area (Å²) in [7, 11) is 0. The number of ether oxygens (including phenoxy) is 1. The Morgan fingerprint density at radius 3 is 2.71 bits per heavy atom. The van der Waals surface area contributed by atoms with Crippen molar-refractivity contribution < 1.29 is 13.8 Å². The Balaban J connectivity index is 1.94. The third-order valence-electron chi connectivity index (χ3n) is 3.60. The van der Waals surface area contributed by atoms with Gasteiger partial charge in [0.2, 0.25) is 0 Å². The standard InChI is InChI=1S/C17H28NO3PS2/c1-3-5-14-24-16-11-9-15(10-12-16)21-22(23,20-4-2)18-17-8-6-7-13-19-17/h9-12,17H,3-8,13-14H2,1-2H3,(H,18,23). The van der Waals surface area contributed by atoms with E-state index >= 15 is 0 Å². The highest BCUT2D eigenvalue weighted by Crippen LogP contribution is 2.46. The second kappa shape index (κ2) is 10.8. The number of rotatable bonds is 10. The van der Waals surface area contributed by atoms with Crippen molar-refractivity contribution >= 4 is 30.2 Å². The lowest BCUT2D eigenvalue weighted by Gasteiger charge is -2.30. The quantitative estimate of drug-likeness (QED) is 0.331. The summed E-state index contributed by atoms with van der Waals surface area (Å²) in [6.45, 7) is 2.82. The maximum atomic E-state index is 6.03. The number of hydrogen-bond acceptors (Lipinski definition) is 5. The van der Waals surface area contributed by atoms with Gasteiger partial charge in [-0.2, -0.15) is 0 Å². The third kappa shape index (κ3) is 7.03. The van der Waals surface area contributed by atoms with Gasteiger partial charge < -0.3 is 13.8 Å². The van der Waals surface area contributed by atoms with Gasteiger partial charge >= 0.3 is 6.64 Å². The minimum absolute atomic E-state index is 0.0694. The molecule has 7 heteroatoms. The number of benzene rings is 1. The van der Waals surface area contributed by atoms with Crippen molar-refractivity contribution in [1.29, 1.82) is 0 Å². The van der Waals surface area contributed by atoms with Gasteiger partial charge in [0.15, 0.2) is 0 Å². The Morgan fingerprint density at radius 2 is 2.08 bits per heavy atom. The molecule has 1 aromatic rings. The molecule has 2 rings (SSSR count). The van der Waals surface area contributed by atoms with Gasteiger partial charge in [0, 0.05) is 11.5 Å². The highest BCUT2D eigenvalue weighted by atomic mass is 32.5. The molecule has 0 aromatic heterocycles. The monoisotopic (exact) mass is 389 g/mol. The Bertz CT molecular complexity index is 521. The molecule has 24 heavy (non-hydrogen) atoms. The normalized spacial score (nSPS) is 20.5. The topological polar surface area (TPSA) is 39.7 Å². The van der Waals surface area contributed by atoms with Gasteiger partial charge in [-0.25, -0.2) is 5.09 Å². The molecule has 1 aliphatic rings. The first-order valence-corrected chi connectivity index (χ1v) is 12.3. The number of thioether (sulfide) groups is 1. The Morgan fingerprint density at radius 1 is 1.29 bits per heavy atom. The second-order valence-corrected chi connectivity index (χ2v) is 9.97. The summed E-state index contributed by atoms with van der Waals surface area (Å²) in [6.07, 6.45) is 5.58. The SMILES string of the molecule is CCCCSc1ccc(OP(=S)(NC2CCCCO2)OCC)cc1. The highest BCUT2D eigenvalue weighted by Gasteiger charge is 2.26. The van der Waals surface area contributed by atoms with Gasteiger partial charge in [0.05, 0.1) is 6.61 Å². The molecule has 0 bridgehead atoms. The van der Waals surface area contributed by atoms with E-state index in [1.807, 2.05) is 30.8 Å². The van der Waals surface area contributed by atoms with E-state index in [-0.39, 0.29) is 6.23 Å². The maximum absolute atomic E-state index is 6.03. The van der Waals surface area contributed by atoms with E-state index in [1.54, 1.807) is 0 Å². The predicted molar refractivity (Wildman–Crippen MR) is 105 cm³/mol. The van der Waals surface area contributed by atoms with E-state index in [9.17, 15) is 0 Å². The van der Waals surface area contributed by atoms with E-state index in [4.69, 9.17) is 25.6 Å². The Labute approximate surface area is 155 Å². The molecule has 2 atom stereocenters. The van der Waals surface area contributed by atoms with Gasteiger partial charge in [-0.1, -0.05) is 13.3 Å². The average Bonchev–Trinajstić information content (AvgIpc) is 2.57. The minimum Gasteiger partial charge on any atom is -0.433 e. The summed E-state index contributed by atoms with van der Waals surface area (Å²) in [6, 6.07) is 8.10. The van der Waals surface area contributed by atoms with Crippen molar-refractivity contribution in [3.8, 4) is 5.75 Å². The summed E-state index contributed by atoms with van der Waals surface area (Å²) in [5.41, 5.74) is 0. The lowest BCUT2D eigenvalue weighted by atomic mass is 10.2. The molecule has 136 valence electrons. The summed E-state index contributed by atoms with van der Waals surface area (Å²) >= 11 is 7.52. The van der Waals surface area contributed by atoms with Crippen LogP contribution in [0.1, 0.15) is 46.0 Å². The minimum atomic E-state index is -2.60. The predicted octanol–water partition coefficient (Wildman–Crippen LogP) is 5.33. The first-order valence-electron chi connectivity index (χ1n) is 8.71. The molecule has 4 nitrogen and oxygen atoms in total. The number of unbranched alkanes of at least 4 members (excludes halogenated alkanes) is 1. The summed E-state index contributed by atoms with van der Waals surface area (Å²) in [5.74, 6) is 1.89. The van der Waals surface area contributed by atoms with Crippen LogP contribution in [0, 0.1) is 0 Å². The van der Waals surface area contributed by atoms with Crippen molar-refractivity contribution in [2.75, 3.05) is 19.0 Å². The van der Waals surface area contributed by atoms with Crippen LogP contribution in [0.2, 0.25) is 0 Å². The zero-order valence-corrected chi connectivity index (χ0v) is 17.1. The summed E-state index contributed by atoms with van der Waals surface area (Å²) < 4.78 is 17.5. The van der Waals surface area contributed by atoms with Crippen LogP contribution in [0.25, 0.3) is 0 Å². The fraction of sp³-hybridized carbons (Fsp3) is 0.647. The molecular weight excluding hydrogens is 361 g/mol. The lowest BCUT2D eigenvalue weighted by Crippen LogP contribution is -2.34. The first kappa shape index (κ1) is 20.2. The largest absolute Gasteiger partial charge is 0.433 e. The third-order valence-corrected chi connectivity index (χ3v) is 7.20. The zero-order chi connectivity index (χ0) is 17.3. The van der Waals surface area contributed by atoms with Crippen molar-refractivity contribution in [3.63, 3.8) is 0 Å². The highest BCUT2D eigenvalue weighted by molar-refractivity contribution is 8.09. The van der Waals surface area contributed by atoms with E-state index in [1.165, 1.54) is 17.7 Å². The summed E-state index contributed by atoms with van der Waals surface area (Å²) in [4.78, 5) is 1.25. The fourth-order valence-corrected chi connectivity index (χ4v) is 5.75. The molecule has 1 aliphatic heterocycles. The molecule has 0 saturated carbocycles. The van der Waals surface area contributed by atoms with E-state index in [0.717, 1.165) is 37.4 Å². The Kier molecular flexibility index (Phi) is 9.09. The molecule has 0 amide bonds. The van der Waals surface area contributed by atoms with Gasteiger partial charge in [0.1, 0.15) is 12.0 Å². The molecule has 1 aromatic carbocycles. The van der Waals surface area contributed by atoms with Crippen LogP contribution in [-0.2, 0) is 21.1 Å². The summed E-state index contributed by atoms with van der Waals surface area (Å²) in [5, 5.41) is 3.29. The van der Waals surface area contributed by atoms with Crippen LogP contribution >= 0.6 is 18.4 Å². The first-order chi connectivity index (χ1) is 11.6.